The van der Waals surface area contributed by atoms with Gasteiger partial charge in [0.05, 0.1) is 12.0 Å². The molecule has 1 aliphatic heterocycles. The molecule has 0 spiro atoms. The van der Waals surface area contributed by atoms with Crippen LogP contribution < -0.4 is 5.32 Å². The molecule has 0 saturated carbocycles. The topological polar surface area (TPSA) is 69.6 Å². The number of likely N-dealkylation sites (tertiary alicyclic amines) is 1. The number of carbonyl (C=O) groups excluding carboxylic acids is 1. The summed E-state index contributed by atoms with van der Waals surface area (Å²) >= 11 is 6.00. The molecule has 2 N–H and O–H groups in total. The number of benzene rings is 1. The van der Waals surface area contributed by atoms with Crippen LogP contribution in [-0.4, -0.2) is 35.1 Å². The highest BCUT2D eigenvalue weighted by molar-refractivity contribution is 6.30. The van der Waals surface area contributed by atoms with Gasteiger partial charge in [0.25, 0.3) is 0 Å². The van der Waals surface area contributed by atoms with Crippen LogP contribution in [0.25, 0.3) is 0 Å². The van der Waals surface area contributed by atoms with Crippen LogP contribution in [0.1, 0.15) is 37.8 Å². The van der Waals surface area contributed by atoms with E-state index >= 15 is 0 Å². The van der Waals surface area contributed by atoms with Crippen molar-refractivity contribution < 1.29 is 14.7 Å². The predicted octanol–water partition coefficient (Wildman–Crippen LogP) is 3.30. The van der Waals surface area contributed by atoms with Gasteiger partial charge in [-0.15, -0.1) is 0 Å². The lowest BCUT2D eigenvalue weighted by Gasteiger charge is -2.31. The number of nitrogens with one attached hydrogen (secondary N) is 1. The Morgan fingerprint density at radius 1 is 1.41 bits per heavy atom. The number of urea groups is 1. The molecule has 0 radical (unpaired) electrons. The molecule has 2 rings (SSSR count). The summed E-state index contributed by atoms with van der Waals surface area (Å²) in [4.78, 5) is 25.0. The molecule has 1 aliphatic rings. The monoisotopic (exact) mass is 324 g/mol. The second kappa shape index (κ2) is 7.49. The van der Waals surface area contributed by atoms with E-state index < -0.39 is 5.97 Å². The molecule has 1 aromatic carbocycles. The summed E-state index contributed by atoms with van der Waals surface area (Å²) in [6.45, 7) is 2.96. The third kappa shape index (κ3) is 4.13. The summed E-state index contributed by atoms with van der Waals surface area (Å²) in [5.74, 6) is -1.11. The number of hydrogen-bond donors (Lipinski definition) is 2. The normalized spacial score (nSPS) is 17.1. The molecule has 1 heterocycles. The van der Waals surface area contributed by atoms with E-state index in [2.05, 4.69) is 5.32 Å². The van der Waals surface area contributed by atoms with Crippen molar-refractivity contribution in [2.75, 3.05) is 13.1 Å². The summed E-state index contributed by atoms with van der Waals surface area (Å²) in [6.07, 6.45) is 1.78. The van der Waals surface area contributed by atoms with Crippen molar-refractivity contribution in [2.24, 2.45) is 5.92 Å². The molecular formula is C16H21ClN2O3. The summed E-state index contributed by atoms with van der Waals surface area (Å²) in [6, 6.07) is 7.23. The number of halogens is 1. The van der Waals surface area contributed by atoms with E-state index in [1.54, 1.807) is 11.0 Å². The molecule has 0 aromatic heterocycles. The Morgan fingerprint density at radius 3 is 2.64 bits per heavy atom. The molecule has 22 heavy (non-hydrogen) atoms. The average molecular weight is 325 g/mol. The molecule has 0 aliphatic carbocycles. The molecule has 6 heteroatoms. The van der Waals surface area contributed by atoms with Gasteiger partial charge in [-0.1, -0.05) is 30.7 Å². The highest BCUT2D eigenvalue weighted by atomic mass is 35.5. The van der Waals surface area contributed by atoms with Gasteiger partial charge in [-0.2, -0.15) is 0 Å². The van der Waals surface area contributed by atoms with Crippen LogP contribution in [0.15, 0.2) is 24.3 Å². The standard InChI is InChI=1S/C16H21ClN2O3/c1-2-14(12-4-3-5-13(17)10-12)18-16(22)19-8-6-11(7-9-19)15(20)21/h3-5,10-11,14H,2,6-9H2,1H3,(H,18,22)(H,20,21). The zero-order chi connectivity index (χ0) is 16.1. The number of carboxylic acid groups (broad SMARTS) is 1. The van der Waals surface area contributed by atoms with E-state index in [1.165, 1.54) is 0 Å². The van der Waals surface area contributed by atoms with Crippen LogP contribution in [0.2, 0.25) is 5.02 Å². The number of rotatable bonds is 4. The van der Waals surface area contributed by atoms with E-state index in [-0.39, 0.29) is 18.0 Å². The molecule has 120 valence electrons. The molecule has 2 amide bonds. The first-order valence-electron chi connectivity index (χ1n) is 7.55. The van der Waals surface area contributed by atoms with Crippen LogP contribution in [0.3, 0.4) is 0 Å². The second-order valence-corrected chi connectivity index (χ2v) is 6.00. The predicted molar refractivity (Wildman–Crippen MR) is 84.9 cm³/mol. The van der Waals surface area contributed by atoms with Gasteiger partial charge >= 0.3 is 12.0 Å². The van der Waals surface area contributed by atoms with E-state index in [4.69, 9.17) is 16.7 Å². The Balaban J connectivity index is 1.94. The van der Waals surface area contributed by atoms with Gasteiger partial charge in [0.2, 0.25) is 0 Å². The van der Waals surface area contributed by atoms with Gasteiger partial charge in [0.1, 0.15) is 0 Å². The molecule has 0 bridgehead atoms. The van der Waals surface area contributed by atoms with Crippen molar-refractivity contribution in [2.45, 2.75) is 32.2 Å². The van der Waals surface area contributed by atoms with Crippen molar-refractivity contribution in [1.82, 2.24) is 10.2 Å². The Morgan fingerprint density at radius 2 is 2.09 bits per heavy atom. The number of amides is 2. The van der Waals surface area contributed by atoms with Crippen molar-refractivity contribution >= 4 is 23.6 Å². The van der Waals surface area contributed by atoms with Crippen molar-refractivity contribution in [3.8, 4) is 0 Å². The van der Waals surface area contributed by atoms with Gasteiger partial charge < -0.3 is 15.3 Å². The maximum absolute atomic E-state index is 12.3. The number of nitrogens with zero attached hydrogens (tertiary/aromatic N) is 1. The summed E-state index contributed by atoms with van der Waals surface area (Å²) in [5.41, 5.74) is 0.976. The molecule has 1 fully saturated rings. The molecule has 1 aromatic rings. The molecule has 1 unspecified atom stereocenters. The third-order valence-corrected chi connectivity index (χ3v) is 4.32. The molecule has 1 atom stereocenters. The minimum atomic E-state index is -0.773. The van der Waals surface area contributed by atoms with E-state index in [0.717, 1.165) is 12.0 Å². The highest BCUT2D eigenvalue weighted by Gasteiger charge is 2.27. The Labute approximate surface area is 135 Å². The highest BCUT2D eigenvalue weighted by Crippen LogP contribution is 2.22. The first kappa shape index (κ1) is 16.6. The lowest BCUT2D eigenvalue weighted by atomic mass is 9.97. The fourth-order valence-corrected chi connectivity index (χ4v) is 2.91. The maximum atomic E-state index is 12.3. The maximum Gasteiger partial charge on any atom is 0.317 e. The lowest BCUT2D eigenvalue weighted by Crippen LogP contribution is -2.46. The summed E-state index contributed by atoms with van der Waals surface area (Å²) in [7, 11) is 0. The van der Waals surface area contributed by atoms with Gasteiger partial charge in [-0.3, -0.25) is 4.79 Å². The van der Waals surface area contributed by atoms with Crippen molar-refractivity contribution in [3.63, 3.8) is 0 Å². The fraction of sp³-hybridized carbons (Fsp3) is 0.500. The van der Waals surface area contributed by atoms with Crippen molar-refractivity contribution in [3.05, 3.63) is 34.9 Å². The molecule has 5 nitrogen and oxygen atoms in total. The fourth-order valence-electron chi connectivity index (χ4n) is 2.71. The van der Waals surface area contributed by atoms with Crippen LogP contribution >= 0.6 is 11.6 Å². The van der Waals surface area contributed by atoms with Crippen LogP contribution in [0.4, 0.5) is 4.79 Å². The first-order valence-corrected chi connectivity index (χ1v) is 7.92. The number of carbonyl (C=O) groups is 2. The van der Waals surface area contributed by atoms with E-state index in [1.807, 2.05) is 25.1 Å². The van der Waals surface area contributed by atoms with Crippen LogP contribution in [-0.2, 0) is 4.79 Å². The summed E-state index contributed by atoms with van der Waals surface area (Å²) < 4.78 is 0. The minimum absolute atomic E-state index is 0.0941. The minimum Gasteiger partial charge on any atom is -0.481 e. The van der Waals surface area contributed by atoms with E-state index in [9.17, 15) is 9.59 Å². The van der Waals surface area contributed by atoms with Crippen molar-refractivity contribution in [1.29, 1.82) is 0 Å². The largest absolute Gasteiger partial charge is 0.481 e. The zero-order valence-corrected chi connectivity index (χ0v) is 13.3. The van der Waals surface area contributed by atoms with Gasteiger partial charge in [-0.25, -0.2) is 4.79 Å². The second-order valence-electron chi connectivity index (χ2n) is 5.56. The molecule has 1 saturated heterocycles. The number of carboxylic acids is 1. The quantitative estimate of drug-likeness (QED) is 0.892. The molecular weight excluding hydrogens is 304 g/mol. The SMILES string of the molecule is CCC(NC(=O)N1CCC(C(=O)O)CC1)c1cccc(Cl)c1. The van der Waals surface area contributed by atoms with Gasteiger partial charge in [-0.05, 0) is 37.0 Å². The number of hydrogen-bond acceptors (Lipinski definition) is 2. The van der Waals surface area contributed by atoms with E-state index in [0.29, 0.717) is 31.0 Å². The zero-order valence-electron chi connectivity index (χ0n) is 12.6. The summed E-state index contributed by atoms with van der Waals surface area (Å²) in [5, 5.41) is 12.6. The number of aliphatic carboxylic acids is 1. The smallest absolute Gasteiger partial charge is 0.317 e. The number of piperidine rings is 1. The van der Waals surface area contributed by atoms with Gasteiger partial charge in [0.15, 0.2) is 0 Å². The Hall–Kier alpha value is -1.75. The Kier molecular flexibility index (Phi) is 5.66. The average Bonchev–Trinajstić information content (AvgIpc) is 2.52. The Bertz CT molecular complexity index is 542. The first-order chi connectivity index (χ1) is 10.5. The third-order valence-electron chi connectivity index (χ3n) is 4.09. The van der Waals surface area contributed by atoms with Crippen LogP contribution in [0, 0.1) is 5.92 Å². The van der Waals surface area contributed by atoms with Crippen LogP contribution in [0.5, 0.6) is 0 Å². The lowest BCUT2D eigenvalue weighted by molar-refractivity contribution is -0.143. The van der Waals surface area contributed by atoms with Gasteiger partial charge in [0, 0.05) is 18.1 Å².